The van der Waals surface area contributed by atoms with Crippen LogP contribution in [-0.4, -0.2) is 29.4 Å². The summed E-state index contributed by atoms with van der Waals surface area (Å²) < 4.78 is 5.84. The molecule has 2 amide bonds. The highest BCUT2D eigenvalue weighted by Crippen LogP contribution is 2.34. The first kappa shape index (κ1) is 18.2. The Morgan fingerprint density at radius 1 is 1.14 bits per heavy atom. The van der Waals surface area contributed by atoms with E-state index in [2.05, 4.69) is 10.3 Å². The highest BCUT2D eigenvalue weighted by molar-refractivity contribution is 7.16. The van der Waals surface area contributed by atoms with Crippen molar-refractivity contribution in [1.29, 1.82) is 0 Å². The van der Waals surface area contributed by atoms with E-state index < -0.39 is 6.10 Å². The molecule has 1 aliphatic rings. The van der Waals surface area contributed by atoms with Gasteiger partial charge < -0.3 is 9.64 Å². The summed E-state index contributed by atoms with van der Waals surface area (Å²) in [6, 6.07) is 17.0. The van der Waals surface area contributed by atoms with Gasteiger partial charge in [0.15, 0.2) is 11.2 Å². The lowest BCUT2D eigenvalue weighted by Gasteiger charge is -2.33. The minimum Gasteiger partial charge on any atom is -0.476 e. The van der Waals surface area contributed by atoms with Crippen molar-refractivity contribution in [2.75, 3.05) is 16.8 Å². The highest BCUT2D eigenvalue weighted by atomic mass is 32.1. The van der Waals surface area contributed by atoms with Crippen LogP contribution in [0.3, 0.4) is 0 Å². The van der Waals surface area contributed by atoms with Gasteiger partial charge in [0, 0.05) is 17.4 Å². The summed E-state index contributed by atoms with van der Waals surface area (Å²) in [5.74, 6) is 0.0588. The third-order valence-electron chi connectivity index (χ3n) is 4.52. The zero-order valence-corrected chi connectivity index (χ0v) is 16.3. The SMILES string of the molecule is CC(=O)N1C[C@@H](C(=O)Nc2nc(-c3ccccc3)c(C)s2)Oc2ccccc21. The topological polar surface area (TPSA) is 71.5 Å². The molecule has 1 atom stereocenters. The minimum absolute atomic E-state index is 0.134. The fourth-order valence-electron chi connectivity index (χ4n) is 3.17. The molecule has 6 nitrogen and oxygen atoms in total. The number of nitrogens with zero attached hydrogens (tertiary/aromatic N) is 2. The number of para-hydroxylation sites is 2. The number of carbonyl (C=O) groups excluding carboxylic acids is 2. The number of amides is 2. The Labute approximate surface area is 166 Å². The van der Waals surface area contributed by atoms with E-state index in [-0.39, 0.29) is 18.4 Å². The zero-order chi connectivity index (χ0) is 19.7. The van der Waals surface area contributed by atoms with Crippen LogP contribution in [0.2, 0.25) is 0 Å². The molecule has 2 aromatic carbocycles. The van der Waals surface area contributed by atoms with Crippen LogP contribution in [-0.2, 0) is 9.59 Å². The van der Waals surface area contributed by atoms with Crippen molar-refractivity contribution in [2.45, 2.75) is 20.0 Å². The maximum atomic E-state index is 12.8. The van der Waals surface area contributed by atoms with Gasteiger partial charge in [-0.05, 0) is 19.1 Å². The number of aryl methyl sites for hydroxylation is 1. The molecule has 28 heavy (non-hydrogen) atoms. The van der Waals surface area contributed by atoms with Gasteiger partial charge in [-0.25, -0.2) is 4.98 Å². The van der Waals surface area contributed by atoms with Crippen molar-refractivity contribution in [3.63, 3.8) is 0 Å². The molecule has 4 rings (SSSR count). The van der Waals surface area contributed by atoms with Gasteiger partial charge in [-0.1, -0.05) is 42.5 Å². The molecule has 1 aromatic heterocycles. The molecular weight excluding hydrogens is 374 g/mol. The van der Waals surface area contributed by atoms with E-state index in [1.54, 1.807) is 17.0 Å². The van der Waals surface area contributed by atoms with Crippen molar-refractivity contribution >= 4 is 34.0 Å². The number of aromatic nitrogens is 1. The maximum Gasteiger partial charge on any atom is 0.269 e. The van der Waals surface area contributed by atoms with Crippen LogP contribution >= 0.6 is 11.3 Å². The number of ether oxygens (including phenoxy) is 1. The van der Waals surface area contributed by atoms with Gasteiger partial charge in [-0.2, -0.15) is 0 Å². The molecule has 0 spiro atoms. The van der Waals surface area contributed by atoms with Crippen LogP contribution in [0.4, 0.5) is 10.8 Å². The van der Waals surface area contributed by atoms with Crippen LogP contribution in [0.1, 0.15) is 11.8 Å². The lowest BCUT2D eigenvalue weighted by atomic mass is 10.1. The second kappa shape index (κ2) is 7.44. The number of thiazole rings is 1. The van der Waals surface area contributed by atoms with Crippen molar-refractivity contribution < 1.29 is 14.3 Å². The van der Waals surface area contributed by atoms with Gasteiger partial charge in [0.25, 0.3) is 5.91 Å². The average Bonchev–Trinajstić information content (AvgIpc) is 3.07. The Morgan fingerprint density at radius 3 is 2.61 bits per heavy atom. The average molecular weight is 393 g/mol. The monoisotopic (exact) mass is 393 g/mol. The first-order valence-electron chi connectivity index (χ1n) is 8.90. The van der Waals surface area contributed by atoms with Crippen LogP contribution < -0.4 is 15.0 Å². The molecule has 1 N–H and O–H groups in total. The summed E-state index contributed by atoms with van der Waals surface area (Å²) in [7, 11) is 0. The smallest absolute Gasteiger partial charge is 0.269 e. The number of hydrogen-bond donors (Lipinski definition) is 1. The summed E-state index contributed by atoms with van der Waals surface area (Å²) in [6.07, 6.45) is -0.803. The second-order valence-corrected chi connectivity index (χ2v) is 7.69. The molecule has 2 heterocycles. The molecule has 1 aliphatic heterocycles. The predicted octanol–water partition coefficient (Wildman–Crippen LogP) is 3.87. The number of carbonyl (C=O) groups is 2. The van der Waals surface area contributed by atoms with E-state index in [1.807, 2.05) is 49.4 Å². The number of rotatable bonds is 3. The quantitative estimate of drug-likeness (QED) is 0.733. The Hall–Kier alpha value is -3.19. The number of benzene rings is 2. The molecule has 0 saturated heterocycles. The van der Waals surface area contributed by atoms with E-state index >= 15 is 0 Å². The van der Waals surface area contributed by atoms with Gasteiger partial charge >= 0.3 is 0 Å². The Bertz CT molecular complexity index is 1030. The third kappa shape index (κ3) is 3.48. The molecule has 0 saturated carbocycles. The molecule has 3 aromatic rings. The van der Waals surface area contributed by atoms with Crippen molar-refractivity contribution in [1.82, 2.24) is 4.98 Å². The van der Waals surface area contributed by atoms with Gasteiger partial charge in [0.1, 0.15) is 5.75 Å². The summed E-state index contributed by atoms with van der Waals surface area (Å²) in [5.41, 5.74) is 2.53. The van der Waals surface area contributed by atoms with E-state index in [1.165, 1.54) is 18.3 Å². The van der Waals surface area contributed by atoms with E-state index in [0.717, 1.165) is 16.1 Å². The van der Waals surface area contributed by atoms with Crippen LogP contribution in [0.15, 0.2) is 54.6 Å². The van der Waals surface area contributed by atoms with Gasteiger partial charge in [-0.15, -0.1) is 11.3 Å². The summed E-state index contributed by atoms with van der Waals surface area (Å²) in [6.45, 7) is 3.61. The second-order valence-electron chi connectivity index (χ2n) is 6.48. The van der Waals surface area contributed by atoms with Gasteiger partial charge in [-0.3, -0.25) is 14.9 Å². The van der Waals surface area contributed by atoms with Crippen molar-refractivity contribution in [3.05, 3.63) is 59.5 Å². The minimum atomic E-state index is -0.803. The largest absolute Gasteiger partial charge is 0.476 e. The van der Waals surface area contributed by atoms with E-state index in [0.29, 0.717) is 16.6 Å². The van der Waals surface area contributed by atoms with Gasteiger partial charge in [0.05, 0.1) is 17.9 Å². The first-order chi connectivity index (χ1) is 13.5. The first-order valence-corrected chi connectivity index (χ1v) is 9.72. The fraction of sp³-hybridized carbons (Fsp3) is 0.190. The molecule has 0 radical (unpaired) electrons. The van der Waals surface area contributed by atoms with Crippen molar-refractivity contribution in [2.24, 2.45) is 0 Å². The van der Waals surface area contributed by atoms with E-state index in [9.17, 15) is 9.59 Å². The molecule has 142 valence electrons. The third-order valence-corrected chi connectivity index (χ3v) is 5.41. The lowest BCUT2D eigenvalue weighted by molar-refractivity contribution is -0.123. The van der Waals surface area contributed by atoms with Crippen LogP contribution in [0.5, 0.6) is 5.75 Å². The van der Waals surface area contributed by atoms with Crippen LogP contribution in [0.25, 0.3) is 11.3 Å². The Kier molecular flexibility index (Phi) is 4.83. The van der Waals surface area contributed by atoms with E-state index in [4.69, 9.17) is 4.74 Å². The molecule has 0 unspecified atom stereocenters. The Morgan fingerprint density at radius 2 is 1.86 bits per heavy atom. The van der Waals surface area contributed by atoms with Crippen molar-refractivity contribution in [3.8, 4) is 17.0 Å². The number of fused-ring (bicyclic) bond motifs is 1. The molecule has 7 heteroatoms. The highest BCUT2D eigenvalue weighted by Gasteiger charge is 2.33. The number of hydrogen-bond acceptors (Lipinski definition) is 5. The zero-order valence-electron chi connectivity index (χ0n) is 15.5. The lowest BCUT2D eigenvalue weighted by Crippen LogP contribution is -2.48. The molecule has 0 fully saturated rings. The summed E-state index contributed by atoms with van der Waals surface area (Å²) in [5, 5.41) is 3.35. The number of nitrogens with one attached hydrogen (secondary N) is 1. The standard InChI is InChI=1S/C21H19N3O3S/c1-13-19(15-8-4-3-5-9-15)22-21(28-13)23-20(26)18-12-24(14(2)25)16-10-6-7-11-17(16)27-18/h3-11,18H,12H2,1-2H3,(H,22,23,26)/t18-/m0/s1. The summed E-state index contributed by atoms with van der Waals surface area (Å²) >= 11 is 1.42. The predicted molar refractivity (Wildman–Crippen MR) is 110 cm³/mol. The molecular formula is C21H19N3O3S. The normalized spacial score (nSPS) is 15.5. The molecule has 0 aliphatic carbocycles. The number of anilines is 2. The summed E-state index contributed by atoms with van der Waals surface area (Å²) in [4.78, 5) is 32.0. The Balaban J connectivity index is 1.54. The molecule has 0 bridgehead atoms. The maximum absolute atomic E-state index is 12.8. The fourth-order valence-corrected chi connectivity index (χ4v) is 4.01. The van der Waals surface area contributed by atoms with Gasteiger partial charge in [0.2, 0.25) is 5.91 Å². The van der Waals surface area contributed by atoms with Crippen LogP contribution in [0, 0.1) is 6.92 Å².